The van der Waals surface area contributed by atoms with Gasteiger partial charge in [0.25, 0.3) is 5.56 Å². The van der Waals surface area contributed by atoms with Crippen molar-refractivity contribution in [1.29, 1.82) is 0 Å². The summed E-state index contributed by atoms with van der Waals surface area (Å²) in [4.78, 5) is 26.0. The van der Waals surface area contributed by atoms with Gasteiger partial charge in [-0.25, -0.2) is 13.1 Å². The largest absolute Gasteiger partial charge is 0.306 e. The number of hydrogen-bond donors (Lipinski definition) is 1. The normalized spacial score (nSPS) is 13.0. The molecule has 2 aromatic carbocycles. The molecule has 1 aromatic heterocycles. The number of benzene rings is 2. The number of hydrogen-bond acceptors (Lipinski definition) is 4. The van der Waals surface area contributed by atoms with Crippen molar-refractivity contribution in [2.75, 3.05) is 12.8 Å². The molecule has 0 bridgehead atoms. The topological polar surface area (TPSA) is 85.2 Å². The number of fused-ring (bicyclic) bond motifs is 5. The maximum Gasteiger partial charge on any atom is 0.258 e. The molecule has 26 heavy (non-hydrogen) atoms. The van der Waals surface area contributed by atoms with E-state index in [9.17, 15) is 18.0 Å². The molecular formula is C19H16N2O4S. The number of rotatable bonds is 4. The van der Waals surface area contributed by atoms with E-state index in [1.807, 2.05) is 12.1 Å². The Bertz CT molecular complexity index is 1230. The second-order valence-corrected chi connectivity index (χ2v) is 8.10. The minimum atomic E-state index is -3.37. The highest BCUT2D eigenvalue weighted by Crippen LogP contribution is 2.38. The monoisotopic (exact) mass is 368 g/mol. The lowest BCUT2D eigenvalue weighted by Gasteiger charge is -2.15. The Kier molecular flexibility index (Phi) is 3.78. The lowest BCUT2D eigenvalue weighted by Crippen LogP contribution is -2.31. The Labute approximate surface area is 150 Å². The number of pyridine rings is 1. The average molecular weight is 368 g/mol. The minimum Gasteiger partial charge on any atom is -0.306 e. The van der Waals surface area contributed by atoms with Gasteiger partial charge in [-0.15, -0.1) is 0 Å². The van der Waals surface area contributed by atoms with E-state index in [2.05, 4.69) is 4.72 Å². The fraction of sp³-hybridized carbons (Fsp3) is 0.158. The van der Waals surface area contributed by atoms with Gasteiger partial charge < -0.3 is 4.57 Å². The van der Waals surface area contributed by atoms with Crippen LogP contribution >= 0.6 is 0 Å². The zero-order valence-corrected chi connectivity index (χ0v) is 14.8. The number of aromatic nitrogens is 1. The standard InChI is InChI=1S/C19H16N2O4S/c1-26(24,25)20-10-11-21-17-13-7-3-4-8-14(13)18(22)16(17)12-6-2-5-9-15(12)19(21)23/h2-9,20H,10-11H2,1H3. The molecule has 0 atom stereocenters. The van der Waals surface area contributed by atoms with Gasteiger partial charge in [-0.1, -0.05) is 42.5 Å². The van der Waals surface area contributed by atoms with Crippen LogP contribution in [0.25, 0.3) is 22.0 Å². The first-order chi connectivity index (χ1) is 12.4. The first-order valence-electron chi connectivity index (χ1n) is 8.13. The van der Waals surface area contributed by atoms with E-state index in [0.29, 0.717) is 33.2 Å². The molecular weight excluding hydrogens is 352 g/mol. The Hall–Kier alpha value is -2.77. The van der Waals surface area contributed by atoms with Gasteiger partial charge in [0.2, 0.25) is 10.0 Å². The third-order valence-electron chi connectivity index (χ3n) is 4.53. The summed E-state index contributed by atoms with van der Waals surface area (Å²) < 4.78 is 26.6. The van der Waals surface area contributed by atoms with Crippen LogP contribution in [-0.2, 0) is 16.6 Å². The maximum absolute atomic E-state index is 13.0. The molecule has 0 fully saturated rings. The molecule has 1 aliphatic rings. The number of carbonyl (C=O) groups is 1. The fourth-order valence-corrected chi connectivity index (χ4v) is 3.95. The highest BCUT2D eigenvalue weighted by molar-refractivity contribution is 7.88. The van der Waals surface area contributed by atoms with Crippen LogP contribution in [0.3, 0.4) is 0 Å². The molecule has 1 heterocycles. The molecule has 0 saturated carbocycles. The van der Waals surface area contributed by atoms with Gasteiger partial charge in [0.1, 0.15) is 0 Å². The van der Waals surface area contributed by atoms with Gasteiger partial charge in [-0.05, 0) is 6.07 Å². The third-order valence-corrected chi connectivity index (χ3v) is 5.26. The van der Waals surface area contributed by atoms with Crippen molar-refractivity contribution in [1.82, 2.24) is 9.29 Å². The van der Waals surface area contributed by atoms with Crippen molar-refractivity contribution in [2.45, 2.75) is 6.54 Å². The molecule has 0 radical (unpaired) electrons. The molecule has 3 aromatic rings. The van der Waals surface area contributed by atoms with Crippen molar-refractivity contribution in [3.8, 4) is 11.3 Å². The Balaban J connectivity index is 2.00. The zero-order chi connectivity index (χ0) is 18.5. The summed E-state index contributed by atoms with van der Waals surface area (Å²) in [6.45, 7) is 0.209. The fourth-order valence-electron chi connectivity index (χ4n) is 3.49. The zero-order valence-electron chi connectivity index (χ0n) is 14.0. The van der Waals surface area contributed by atoms with E-state index in [4.69, 9.17) is 0 Å². The second kappa shape index (κ2) is 5.89. The van der Waals surface area contributed by atoms with Crippen LogP contribution in [0.4, 0.5) is 0 Å². The molecule has 4 rings (SSSR count). The summed E-state index contributed by atoms with van der Waals surface area (Å²) >= 11 is 0. The molecule has 7 heteroatoms. The highest BCUT2D eigenvalue weighted by atomic mass is 32.2. The number of nitrogens with zero attached hydrogens (tertiary/aromatic N) is 1. The van der Waals surface area contributed by atoms with Crippen molar-refractivity contribution in [2.24, 2.45) is 0 Å². The summed E-state index contributed by atoms with van der Waals surface area (Å²) in [7, 11) is -3.37. The van der Waals surface area contributed by atoms with Gasteiger partial charge in [0, 0.05) is 35.0 Å². The third kappa shape index (κ3) is 2.56. The van der Waals surface area contributed by atoms with Crippen LogP contribution in [-0.4, -0.2) is 31.6 Å². The highest BCUT2D eigenvalue weighted by Gasteiger charge is 2.32. The van der Waals surface area contributed by atoms with Gasteiger partial charge in [-0.2, -0.15) is 0 Å². The van der Waals surface area contributed by atoms with Crippen molar-refractivity contribution in [3.05, 3.63) is 70.0 Å². The van der Waals surface area contributed by atoms with E-state index >= 15 is 0 Å². The summed E-state index contributed by atoms with van der Waals surface area (Å²) in [5, 5.41) is 1.08. The van der Waals surface area contributed by atoms with E-state index in [0.717, 1.165) is 6.26 Å². The molecule has 0 spiro atoms. The minimum absolute atomic E-state index is 0.0693. The summed E-state index contributed by atoms with van der Waals surface area (Å²) in [5.41, 5.74) is 2.09. The molecule has 6 nitrogen and oxygen atoms in total. The SMILES string of the molecule is CS(=O)(=O)NCCn1c2c(c3ccccc3c1=O)C(=O)c1ccccc1-2. The lowest BCUT2D eigenvalue weighted by molar-refractivity contribution is 0.104. The Morgan fingerprint density at radius 2 is 1.54 bits per heavy atom. The van der Waals surface area contributed by atoms with E-state index in [-0.39, 0.29) is 24.4 Å². The molecule has 0 amide bonds. The predicted octanol–water partition coefficient (Wildman–Crippen LogP) is 1.76. The molecule has 0 saturated heterocycles. The second-order valence-electron chi connectivity index (χ2n) is 6.27. The average Bonchev–Trinajstić information content (AvgIpc) is 2.90. The van der Waals surface area contributed by atoms with E-state index in [1.165, 1.54) is 4.57 Å². The van der Waals surface area contributed by atoms with Crippen molar-refractivity contribution in [3.63, 3.8) is 0 Å². The van der Waals surface area contributed by atoms with Crippen LogP contribution in [0.15, 0.2) is 53.3 Å². The summed E-state index contributed by atoms with van der Waals surface area (Å²) in [6, 6.07) is 14.2. The van der Waals surface area contributed by atoms with Gasteiger partial charge in [0.15, 0.2) is 5.78 Å². The smallest absolute Gasteiger partial charge is 0.258 e. The van der Waals surface area contributed by atoms with Crippen LogP contribution < -0.4 is 10.3 Å². The van der Waals surface area contributed by atoms with Crippen LogP contribution in [0.2, 0.25) is 0 Å². The van der Waals surface area contributed by atoms with Crippen LogP contribution in [0, 0.1) is 0 Å². The molecule has 1 aliphatic carbocycles. The Morgan fingerprint density at radius 3 is 2.23 bits per heavy atom. The van der Waals surface area contributed by atoms with Crippen LogP contribution in [0.1, 0.15) is 15.9 Å². The van der Waals surface area contributed by atoms with Gasteiger partial charge >= 0.3 is 0 Å². The molecule has 0 aliphatic heterocycles. The van der Waals surface area contributed by atoms with Crippen molar-refractivity contribution < 1.29 is 13.2 Å². The molecule has 0 unspecified atom stereocenters. The van der Waals surface area contributed by atoms with E-state index < -0.39 is 10.0 Å². The van der Waals surface area contributed by atoms with Gasteiger partial charge in [0.05, 0.1) is 17.5 Å². The number of nitrogens with one attached hydrogen (secondary N) is 1. The predicted molar refractivity (Wildman–Crippen MR) is 99.9 cm³/mol. The Morgan fingerprint density at radius 1 is 0.923 bits per heavy atom. The first-order valence-corrected chi connectivity index (χ1v) is 10.0. The van der Waals surface area contributed by atoms with Crippen molar-refractivity contribution >= 4 is 26.6 Å². The number of ketones is 1. The quantitative estimate of drug-likeness (QED) is 0.595. The van der Waals surface area contributed by atoms with Crippen LogP contribution in [0.5, 0.6) is 0 Å². The molecule has 1 N–H and O–H groups in total. The van der Waals surface area contributed by atoms with Gasteiger partial charge in [-0.3, -0.25) is 9.59 Å². The molecule has 132 valence electrons. The number of carbonyl (C=O) groups excluding carboxylic acids is 1. The van der Waals surface area contributed by atoms with E-state index in [1.54, 1.807) is 36.4 Å². The number of sulfonamides is 1. The lowest BCUT2D eigenvalue weighted by atomic mass is 10.0. The maximum atomic E-state index is 13.0. The first kappa shape index (κ1) is 16.7. The summed E-state index contributed by atoms with van der Waals surface area (Å²) in [5.74, 6) is -0.114. The summed E-state index contributed by atoms with van der Waals surface area (Å²) in [6.07, 6.45) is 1.07.